The van der Waals surface area contributed by atoms with Gasteiger partial charge in [-0.1, -0.05) is 64.5 Å². The van der Waals surface area contributed by atoms with Crippen molar-refractivity contribution in [3.05, 3.63) is 11.6 Å². The highest BCUT2D eigenvalue weighted by molar-refractivity contribution is 6.74. The van der Waals surface area contributed by atoms with Crippen molar-refractivity contribution >= 4 is 22.8 Å². The molecule has 0 radical (unpaired) electrons. The van der Waals surface area contributed by atoms with Gasteiger partial charge in [-0.15, -0.1) is 0 Å². The van der Waals surface area contributed by atoms with Crippen LogP contribution >= 0.6 is 0 Å². The Bertz CT molecular complexity index is 884. The van der Waals surface area contributed by atoms with Crippen molar-refractivity contribution in [1.82, 2.24) is 0 Å². The molecule has 0 aromatic carbocycles. The molecule has 36 heavy (non-hydrogen) atoms. The van der Waals surface area contributed by atoms with E-state index in [0.29, 0.717) is 12.0 Å². The van der Waals surface area contributed by atoms with Crippen LogP contribution in [0, 0.1) is 29.1 Å². The van der Waals surface area contributed by atoms with Crippen LogP contribution in [-0.2, 0) is 18.3 Å². The predicted octanol–water partition coefficient (Wildman–Crippen LogP) is 7.93. The Morgan fingerprint density at radius 3 is 2.28 bits per heavy atom. The van der Waals surface area contributed by atoms with Gasteiger partial charge in [-0.2, -0.15) is 0 Å². The van der Waals surface area contributed by atoms with Gasteiger partial charge in [0, 0.05) is 12.0 Å². The molecule has 5 nitrogen and oxygen atoms in total. The molecule has 0 amide bonds. The lowest BCUT2D eigenvalue weighted by Gasteiger charge is -2.47. The molecule has 2 aliphatic carbocycles. The summed E-state index contributed by atoms with van der Waals surface area (Å²) in [4.78, 5) is 12.2. The average molecular weight is 537 g/mol. The first-order valence-corrected chi connectivity index (χ1v) is 19.9. The van der Waals surface area contributed by atoms with E-state index < -0.39 is 34.5 Å². The maximum absolute atomic E-state index is 12.2. The van der Waals surface area contributed by atoms with E-state index in [1.165, 1.54) is 12.7 Å². The summed E-state index contributed by atoms with van der Waals surface area (Å²) in [5.41, 5.74) is 0.703. The van der Waals surface area contributed by atoms with Gasteiger partial charge in [0.25, 0.3) is 0 Å². The van der Waals surface area contributed by atoms with Crippen molar-refractivity contribution in [3.63, 3.8) is 0 Å². The van der Waals surface area contributed by atoms with Crippen LogP contribution in [0.2, 0.25) is 37.8 Å². The lowest BCUT2D eigenvalue weighted by Crippen LogP contribution is -2.47. The molecule has 0 spiro atoms. The smallest absolute Gasteiger partial charge is 0.438 e. The van der Waals surface area contributed by atoms with Crippen molar-refractivity contribution in [2.45, 2.75) is 130 Å². The molecule has 206 valence electrons. The molecular weight excluding hydrogens is 484 g/mol. The van der Waals surface area contributed by atoms with Crippen molar-refractivity contribution < 1.29 is 23.1 Å². The molecule has 1 fully saturated rings. The average Bonchev–Trinajstić information content (AvgIpc) is 3.05. The number of carbonyl (C=O) groups is 1. The summed E-state index contributed by atoms with van der Waals surface area (Å²) in [7, 11) is -2.33. The van der Waals surface area contributed by atoms with Crippen LogP contribution in [-0.4, -0.2) is 47.7 Å². The molecule has 0 aliphatic heterocycles. The fourth-order valence-electron chi connectivity index (χ4n) is 5.66. The molecule has 0 aromatic heterocycles. The van der Waals surface area contributed by atoms with Gasteiger partial charge in [0.15, 0.2) is 22.7 Å². The van der Waals surface area contributed by atoms with Crippen molar-refractivity contribution in [3.8, 4) is 11.8 Å². The lowest BCUT2D eigenvalue weighted by atomic mass is 9.63. The summed E-state index contributed by atoms with van der Waals surface area (Å²) in [5, 5.41) is 0.0783. The van der Waals surface area contributed by atoms with Crippen LogP contribution in [0.1, 0.15) is 74.1 Å². The third kappa shape index (κ3) is 7.49. The van der Waals surface area contributed by atoms with Gasteiger partial charge in [-0.05, 0) is 82.2 Å². The fourth-order valence-corrected chi connectivity index (χ4v) is 8.48. The standard InChI is InChI=1S/C29H52O5Si2/c1-21(22-16-17-23-25(33-35(9,10)11)15-14-19-29(22,23)7)24(32-26(30)31-8)18-20-28(5,6)34-36(12,13)27(2,3)4/h16,21,23-25H,14-15,17,19H2,1-13H3/t21-,23-,24?,25-,29+/m0/s1. The highest BCUT2D eigenvalue weighted by Crippen LogP contribution is 2.56. The number of ether oxygens (including phenoxy) is 2. The highest BCUT2D eigenvalue weighted by atomic mass is 28.4. The van der Waals surface area contributed by atoms with Gasteiger partial charge < -0.3 is 18.3 Å². The minimum absolute atomic E-state index is 0.0224. The normalized spacial score (nSPS) is 26.8. The van der Waals surface area contributed by atoms with Gasteiger partial charge in [0.05, 0.1) is 7.11 Å². The Morgan fingerprint density at radius 2 is 1.75 bits per heavy atom. The molecule has 0 heterocycles. The third-order valence-electron chi connectivity index (χ3n) is 8.37. The summed E-state index contributed by atoms with van der Waals surface area (Å²) >= 11 is 0. The van der Waals surface area contributed by atoms with Gasteiger partial charge in [-0.25, -0.2) is 4.79 Å². The maximum atomic E-state index is 12.2. The Morgan fingerprint density at radius 1 is 1.14 bits per heavy atom. The summed E-state index contributed by atoms with van der Waals surface area (Å²) in [5.74, 6) is 7.03. The highest BCUT2D eigenvalue weighted by Gasteiger charge is 2.50. The number of carbonyl (C=O) groups excluding carboxylic acids is 1. The first-order chi connectivity index (χ1) is 16.2. The Kier molecular flexibility index (Phi) is 9.48. The molecule has 0 saturated heterocycles. The van der Waals surface area contributed by atoms with Crippen molar-refractivity contribution in [2.75, 3.05) is 7.11 Å². The maximum Gasteiger partial charge on any atom is 0.509 e. The monoisotopic (exact) mass is 536 g/mol. The molecular formula is C29H52O5Si2. The number of hydrogen-bond donors (Lipinski definition) is 0. The van der Waals surface area contributed by atoms with E-state index in [0.717, 1.165) is 25.7 Å². The summed E-state index contributed by atoms with van der Waals surface area (Å²) < 4.78 is 23.9. The van der Waals surface area contributed by atoms with Crippen LogP contribution in [0.15, 0.2) is 11.6 Å². The SMILES string of the molecule is COC(=O)OC(C#CC(C)(C)O[Si](C)(C)C(C)(C)C)[C@@H](C)C1=CC[C@H]2[C@@H](O[Si](C)(C)C)CCC[C@]12C. The summed E-state index contributed by atoms with van der Waals surface area (Å²) in [6.07, 6.45) is 5.75. The molecule has 2 aliphatic rings. The Balaban J connectivity index is 2.33. The molecule has 2 rings (SSSR count). The van der Waals surface area contributed by atoms with Crippen molar-refractivity contribution in [1.29, 1.82) is 0 Å². The summed E-state index contributed by atoms with van der Waals surface area (Å²) in [6, 6.07) is 0. The molecule has 1 saturated carbocycles. The zero-order valence-corrected chi connectivity index (χ0v) is 27.3. The topological polar surface area (TPSA) is 54.0 Å². The van der Waals surface area contributed by atoms with Crippen molar-refractivity contribution in [2.24, 2.45) is 17.3 Å². The molecule has 5 atom stereocenters. The van der Waals surface area contributed by atoms with Crippen LogP contribution in [0.4, 0.5) is 4.79 Å². The minimum atomic E-state index is -2.02. The second kappa shape index (κ2) is 11.0. The molecule has 1 unspecified atom stereocenters. The molecule has 7 heteroatoms. The Labute approximate surface area is 223 Å². The van der Waals surface area contributed by atoms with Crippen LogP contribution in [0.5, 0.6) is 0 Å². The number of rotatable bonds is 7. The van der Waals surface area contributed by atoms with E-state index in [1.807, 2.05) is 13.8 Å². The van der Waals surface area contributed by atoms with Crippen LogP contribution in [0.25, 0.3) is 0 Å². The number of methoxy groups -OCH3 is 1. The van der Waals surface area contributed by atoms with Gasteiger partial charge in [-0.3, -0.25) is 0 Å². The van der Waals surface area contributed by atoms with E-state index in [1.54, 1.807) is 0 Å². The Hall–Kier alpha value is -1.08. The molecule has 0 N–H and O–H groups in total. The van der Waals surface area contributed by atoms with E-state index in [-0.39, 0.29) is 16.4 Å². The number of fused-ring (bicyclic) bond motifs is 1. The quantitative estimate of drug-likeness (QED) is 0.143. The van der Waals surface area contributed by atoms with E-state index in [4.69, 9.17) is 18.3 Å². The number of allylic oxidation sites excluding steroid dienone is 1. The third-order valence-corrected chi connectivity index (χ3v) is 14.0. The van der Waals surface area contributed by atoms with Crippen LogP contribution < -0.4 is 0 Å². The van der Waals surface area contributed by atoms with E-state index in [9.17, 15) is 4.79 Å². The molecule has 0 bridgehead atoms. The fraction of sp³-hybridized carbons (Fsp3) is 0.828. The van der Waals surface area contributed by atoms with Crippen LogP contribution in [0.3, 0.4) is 0 Å². The first-order valence-electron chi connectivity index (χ1n) is 13.6. The van der Waals surface area contributed by atoms with E-state index >= 15 is 0 Å². The van der Waals surface area contributed by atoms with Gasteiger partial charge >= 0.3 is 6.16 Å². The second-order valence-corrected chi connectivity index (χ2v) is 23.2. The predicted molar refractivity (Wildman–Crippen MR) is 153 cm³/mol. The van der Waals surface area contributed by atoms with Gasteiger partial charge in [0.2, 0.25) is 0 Å². The number of hydrogen-bond acceptors (Lipinski definition) is 5. The summed E-state index contributed by atoms with van der Waals surface area (Å²) in [6.45, 7) is 26.5. The zero-order valence-electron chi connectivity index (χ0n) is 25.3. The second-order valence-electron chi connectivity index (χ2n) is 14.0. The first kappa shape index (κ1) is 31.1. The molecule has 0 aromatic rings. The van der Waals surface area contributed by atoms with E-state index in [2.05, 4.69) is 85.3 Å². The van der Waals surface area contributed by atoms with Gasteiger partial charge in [0.1, 0.15) is 5.60 Å². The minimum Gasteiger partial charge on any atom is -0.438 e. The lowest BCUT2D eigenvalue weighted by molar-refractivity contribution is 0.00991. The largest absolute Gasteiger partial charge is 0.509 e. The zero-order chi connectivity index (χ0) is 27.7.